The minimum atomic E-state index is -4.51. The summed E-state index contributed by atoms with van der Waals surface area (Å²) in [4.78, 5) is 18.4. The molecule has 146 valence electrons. The number of carbonyl (C=O) groups excluding carboxylic acids is 1. The van der Waals surface area contributed by atoms with Crippen LogP contribution in [0.25, 0.3) is 5.65 Å². The fourth-order valence-electron chi connectivity index (χ4n) is 3.50. The second kappa shape index (κ2) is 6.65. The fraction of sp³-hybridized carbons (Fsp3) is 0.529. The van der Waals surface area contributed by atoms with Gasteiger partial charge in [-0.2, -0.15) is 13.2 Å². The molecule has 2 fully saturated rings. The van der Waals surface area contributed by atoms with Crippen molar-refractivity contribution in [1.29, 1.82) is 0 Å². The van der Waals surface area contributed by atoms with E-state index >= 15 is 0 Å². The first kappa shape index (κ1) is 18.5. The summed E-state index contributed by atoms with van der Waals surface area (Å²) in [6.07, 6.45) is -0.986. The number of pyridine rings is 1. The first-order valence-electron chi connectivity index (χ1n) is 8.56. The van der Waals surface area contributed by atoms with Crippen molar-refractivity contribution in [2.45, 2.75) is 31.2 Å². The number of hydrogen-bond donors (Lipinski definition) is 0. The maximum absolute atomic E-state index is 12.9. The number of carbonyl (C=O) groups is 1. The molecule has 0 N–H and O–H groups in total. The van der Waals surface area contributed by atoms with Crippen LogP contribution in [0, 0.1) is 0 Å². The SMILES string of the molecule is O=C(Cc1cn2cc(C(F)(F)F)cc(Cl)c2n1)N1CCC2(CC1)OCCO2. The Kier molecular flexibility index (Phi) is 4.56. The molecule has 10 heteroatoms. The summed E-state index contributed by atoms with van der Waals surface area (Å²) >= 11 is 5.93. The number of ether oxygens (including phenoxy) is 2. The van der Waals surface area contributed by atoms with Crippen molar-refractivity contribution in [2.75, 3.05) is 26.3 Å². The lowest BCUT2D eigenvalue weighted by atomic mass is 10.0. The number of nitrogens with zero attached hydrogens (tertiary/aromatic N) is 3. The number of fused-ring (bicyclic) bond motifs is 1. The second-order valence-electron chi connectivity index (χ2n) is 6.70. The Morgan fingerprint density at radius 2 is 1.89 bits per heavy atom. The molecule has 2 aromatic heterocycles. The lowest BCUT2D eigenvalue weighted by Gasteiger charge is -2.37. The minimum Gasteiger partial charge on any atom is -0.347 e. The Morgan fingerprint density at radius 3 is 2.52 bits per heavy atom. The van der Waals surface area contributed by atoms with Crippen molar-refractivity contribution in [3.05, 3.63) is 34.7 Å². The van der Waals surface area contributed by atoms with Gasteiger partial charge in [0.2, 0.25) is 5.91 Å². The highest BCUT2D eigenvalue weighted by molar-refractivity contribution is 6.33. The highest BCUT2D eigenvalue weighted by Gasteiger charge is 2.40. The van der Waals surface area contributed by atoms with Gasteiger partial charge in [-0.3, -0.25) is 4.79 Å². The summed E-state index contributed by atoms with van der Waals surface area (Å²) in [7, 11) is 0. The highest BCUT2D eigenvalue weighted by Crippen LogP contribution is 2.33. The molecule has 0 aromatic carbocycles. The molecule has 6 nitrogen and oxygen atoms in total. The van der Waals surface area contributed by atoms with E-state index in [2.05, 4.69) is 4.98 Å². The number of halogens is 4. The van der Waals surface area contributed by atoms with Crippen LogP contribution in [-0.4, -0.2) is 52.3 Å². The molecule has 27 heavy (non-hydrogen) atoms. The van der Waals surface area contributed by atoms with Crippen LogP contribution >= 0.6 is 11.6 Å². The topological polar surface area (TPSA) is 56.1 Å². The minimum absolute atomic E-state index is 0.00588. The maximum Gasteiger partial charge on any atom is 0.417 e. The summed E-state index contributed by atoms with van der Waals surface area (Å²) < 4.78 is 51.2. The van der Waals surface area contributed by atoms with E-state index in [-0.39, 0.29) is 23.0 Å². The van der Waals surface area contributed by atoms with Crippen molar-refractivity contribution in [3.63, 3.8) is 0 Å². The van der Waals surface area contributed by atoms with Gasteiger partial charge < -0.3 is 18.8 Å². The maximum atomic E-state index is 12.9. The van der Waals surface area contributed by atoms with Gasteiger partial charge in [-0.05, 0) is 6.07 Å². The molecule has 0 atom stereocenters. The Labute approximate surface area is 157 Å². The van der Waals surface area contributed by atoms with Gasteiger partial charge in [-0.1, -0.05) is 11.6 Å². The van der Waals surface area contributed by atoms with E-state index in [1.165, 1.54) is 10.6 Å². The zero-order valence-electron chi connectivity index (χ0n) is 14.3. The molecule has 0 unspecified atom stereocenters. The monoisotopic (exact) mass is 403 g/mol. The van der Waals surface area contributed by atoms with Crippen LogP contribution in [0.3, 0.4) is 0 Å². The van der Waals surface area contributed by atoms with E-state index in [0.717, 1.165) is 12.3 Å². The molecule has 0 bridgehead atoms. The van der Waals surface area contributed by atoms with Crippen molar-refractivity contribution in [1.82, 2.24) is 14.3 Å². The average molecular weight is 404 g/mol. The van der Waals surface area contributed by atoms with Gasteiger partial charge in [0.05, 0.1) is 35.9 Å². The molecular formula is C17H17ClF3N3O3. The molecule has 2 aliphatic heterocycles. The standard InChI is InChI=1S/C17H17ClF3N3O3/c18-13-7-11(17(19,20)21)9-24-10-12(22-15(13)24)8-14(25)23-3-1-16(2-4-23)26-5-6-27-16/h7,9-10H,1-6,8H2. The van der Waals surface area contributed by atoms with E-state index in [0.29, 0.717) is 44.8 Å². The number of aromatic nitrogens is 2. The quantitative estimate of drug-likeness (QED) is 0.773. The third-order valence-corrected chi connectivity index (χ3v) is 5.19. The largest absolute Gasteiger partial charge is 0.417 e. The van der Waals surface area contributed by atoms with Gasteiger partial charge in [0, 0.05) is 38.3 Å². The molecular weight excluding hydrogens is 387 g/mol. The second-order valence-corrected chi connectivity index (χ2v) is 7.11. The predicted octanol–water partition coefficient (Wildman–Crippen LogP) is 2.91. The van der Waals surface area contributed by atoms with Crippen LogP contribution in [0.1, 0.15) is 24.1 Å². The number of piperidine rings is 1. The Balaban J connectivity index is 1.47. The van der Waals surface area contributed by atoms with Crippen LogP contribution in [0.4, 0.5) is 13.2 Å². The molecule has 2 aromatic rings. The normalized spacial score (nSPS) is 19.9. The van der Waals surface area contributed by atoms with Crippen LogP contribution in [-0.2, 0) is 26.9 Å². The van der Waals surface area contributed by atoms with Gasteiger partial charge in [-0.15, -0.1) is 0 Å². The molecule has 0 saturated carbocycles. The van der Waals surface area contributed by atoms with Crippen molar-refractivity contribution >= 4 is 23.2 Å². The third-order valence-electron chi connectivity index (χ3n) is 4.91. The Morgan fingerprint density at radius 1 is 1.22 bits per heavy atom. The van der Waals surface area contributed by atoms with Gasteiger partial charge in [0.1, 0.15) is 0 Å². The molecule has 4 rings (SSSR count). The number of imidazole rings is 1. The molecule has 2 saturated heterocycles. The number of hydrogen-bond acceptors (Lipinski definition) is 4. The third kappa shape index (κ3) is 3.63. The van der Waals surface area contributed by atoms with E-state index in [1.54, 1.807) is 4.90 Å². The molecule has 4 heterocycles. The predicted molar refractivity (Wildman–Crippen MR) is 89.4 cm³/mol. The molecule has 0 radical (unpaired) electrons. The average Bonchev–Trinajstić information content (AvgIpc) is 3.22. The van der Waals surface area contributed by atoms with Gasteiger partial charge >= 0.3 is 6.18 Å². The van der Waals surface area contributed by atoms with Crippen LogP contribution in [0.15, 0.2) is 18.5 Å². The zero-order chi connectivity index (χ0) is 19.2. The van der Waals surface area contributed by atoms with Gasteiger partial charge in [0.15, 0.2) is 11.4 Å². The van der Waals surface area contributed by atoms with Gasteiger partial charge in [-0.25, -0.2) is 4.98 Å². The van der Waals surface area contributed by atoms with Crippen LogP contribution in [0.5, 0.6) is 0 Å². The van der Waals surface area contributed by atoms with Crippen LogP contribution in [0.2, 0.25) is 5.02 Å². The van der Waals surface area contributed by atoms with Crippen molar-refractivity contribution < 1.29 is 27.4 Å². The number of amides is 1. The summed E-state index contributed by atoms with van der Waals surface area (Å²) in [5.41, 5.74) is -0.305. The first-order chi connectivity index (χ1) is 12.8. The van der Waals surface area contributed by atoms with E-state index < -0.39 is 17.5 Å². The van der Waals surface area contributed by atoms with Gasteiger partial charge in [0.25, 0.3) is 0 Å². The van der Waals surface area contributed by atoms with Crippen molar-refractivity contribution in [3.8, 4) is 0 Å². The fourth-order valence-corrected chi connectivity index (χ4v) is 3.75. The van der Waals surface area contributed by atoms with Crippen LogP contribution < -0.4 is 0 Å². The molecule has 1 amide bonds. The molecule has 1 spiro atoms. The smallest absolute Gasteiger partial charge is 0.347 e. The highest BCUT2D eigenvalue weighted by atomic mass is 35.5. The van der Waals surface area contributed by atoms with E-state index in [9.17, 15) is 18.0 Å². The number of alkyl halides is 3. The molecule has 0 aliphatic carbocycles. The number of likely N-dealkylation sites (tertiary alicyclic amines) is 1. The van der Waals surface area contributed by atoms with E-state index in [4.69, 9.17) is 21.1 Å². The Bertz CT molecular complexity index is 867. The first-order valence-corrected chi connectivity index (χ1v) is 8.94. The summed E-state index contributed by atoms with van der Waals surface area (Å²) in [5, 5.41) is -0.112. The lowest BCUT2D eigenvalue weighted by molar-refractivity contribution is -0.187. The zero-order valence-corrected chi connectivity index (χ0v) is 15.0. The Hall–Kier alpha value is -1.84. The van der Waals surface area contributed by atoms with Crippen molar-refractivity contribution in [2.24, 2.45) is 0 Å². The number of rotatable bonds is 2. The van der Waals surface area contributed by atoms with E-state index in [1.807, 2.05) is 0 Å². The summed E-state index contributed by atoms with van der Waals surface area (Å²) in [5.74, 6) is -0.708. The molecule has 2 aliphatic rings. The summed E-state index contributed by atoms with van der Waals surface area (Å²) in [6.45, 7) is 2.14. The lowest BCUT2D eigenvalue weighted by Crippen LogP contribution is -2.47. The summed E-state index contributed by atoms with van der Waals surface area (Å²) in [6, 6.07) is 0.834.